The van der Waals surface area contributed by atoms with Crippen LogP contribution < -0.4 is 4.74 Å². The van der Waals surface area contributed by atoms with Crippen LogP contribution in [0.2, 0.25) is 0 Å². The summed E-state index contributed by atoms with van der Waals surface area (Å²) in [7, 11) is 0. The zero-order chi connectivity index (χ0) is 18.9. The number of aromatic nitrogens is 2. The second-order valence-corrected chi connectivity index (χ2v) is 8.41. The van der Waals surface area contributed by atoms with E-state index in [2.05, 4.69) is 44.4 Å². The molecule has 2 heterocycles. The van der Waals surface area contributed by atoms with Crippen molar-refractivity contribution in [2.45, 2.75) is 53.1 Å². The summed E-state index contributed by atoms with van der Waals surface area (Å²) in [4.78, 5) is 14.8. The van der Waals surface area contributed by atoms with Gasteiger partial charge in [0, 0.05) is 36.3 Å². The van der Waals surface area contributed by atoms with E-state index < -0.39 is 0 Å². The second kappa shape index (κ2) is 7.14. The lowest BCUT2D eigenvalue weighted by Gasteiger charge is -2.30. The van der Waals surface area contributed by atoms with E-state index >= 15 is 0 Å². The summed E-state index contributed by atoms with van der Waals surface area (Å²) in [6.07, 6.45) is 2.75. The molecule has 0 bridgehead atoms. The van der Waals surface area contributed by atoms with Gasteiger partial charge in [0.25, 0.3) is 5.91 Å². The first-order valence-electron chi connectivity index (χ1n) is 9.34. The molecule has 1 aromatic carbocycles. The average molecular weight is 355 g/mol. The molecule has 2 aromatic rings. The summed E-state index contributed by atoms with van der Waals surface area (Å²) in [5, 5.41) is 4.54. The van der Waals surface area contributed by atoms with Crippen molar-refractivity contribution in [2.24, 2.45) is 5.92 Å². The van der Waals surface area contributed by atoms with Gasteiger partial charge in [-0.15, -0.1) is 0 Å². The molecule has 0 radical (unpaired) electrons. The van der Waals surface area contributed by atoms with Gasteiger partial charge < -0.3 is 9.64 Å². The number of rotatable bonds is 4. The zero-order valence-electron chi connectivity index (χ0n) is 16.5. The molecule has 1 aliphatic rings. The number of hydrogen-bond acceptors (Lipinski definition) is 3. The second-order valence-electron chi connectivity index (χ2n) is 8.41. The van der Waals surface area contributed by atoms with Crippen LogP contribution >= 0.6 is 0 Å². The number of ether oxygens (including phenoxy) is 1. The molecule has 5 heteroatoms. The lowest BCUT2D eigenvalue weighted by molar-refractivity contribution is 0.0732. The molecule has 140 valence electrons. The molecular formula is C21H29N3O2. The van der Waals surface area contributed by atoms with E-state index in [1.165, 1.54) is 5.69 Å². The topological polar surface area (TPSA) is 47.4 Å². The van der Waals surface area contributed by atoms with Crippen LogP contribution in [0.3, 0.4) is 0 Å². The Kier molecular flexibility index (Phi) is 5.08. The van der Waals surface area contributed by atoms with Crippen LogP contribution in [-0.2, 0) is 18.5 Å². The van der Waals surface area contributed by atoms with Crippen molar-refractivity contribution in [1.82, 2.24) is 14.7 Å². The summed E-state index contributed by atoms with van der Waals surface area (Å²) in [6, 6.07) is 7.46. The molecular weight excluding hydrogens is 326 g/mol. The van der Waals surface area contributed by atoms with Crippen LogP contribution in [0.1, 0.15) is 56.2 Å². The van der Waals surface area contributed by atoms with Gasteiger partial charge >= 0.3 is 0 Å². The molecule has 0 saturated heterocycles. The third-order valence-corrected chi connectivity index (χ3v) is 4.54. The Morgan fingerprint density at radius 1 is 1.23 bits per heavy atom. The third-order valence-electron chi connectivity index (χ3n) is 4.54. The number of carbonyl (C=O) groups excluding carboxylic acids is 1. The first-order chi connectivity index (χ1) is 12.3. The monoisotopic (exact) mass is 355 g/mol. The van der Waals surface area contributed by atoms with Gasteiger partial charge in [-0.3, -0.25) is 9.48 Å². The van der Waals surface area contributed by atoms with Crippen LogP contribution in [0.5, 0.6) is 5.75 Å². The number of amides is 1. The summed E-state index contributed by atoms with van der Waals surface area (Å²) in [6.45, 7) is 12.7. The molecule has 1 amide bonds. The van der Waals surface area contributed by atoms with E-state index in [1.807, 2.05) is 35.4 Å². The molecule has 1 aliphatic heterocycles. The molecule has 26 heavy (non-hydrogen) atoms. The van der Waals surface area contributed by atoms with Gasteiger partial charge in [-0.05, 0) is 51.0 Å². The smallest absolute Gasteiger partial charge is 0.254 e. The van der Waals surface area contributed by atoms with Crippen molar-refractivity contribution >= 4 is 5.91 Å². The normalized spacial score (nSPS) is 14.5. The predicted octanol–water partition coefficient (Wildman–Crippen LogP) is 3.87. The summed E-state index contributed by atoms with van der Waals surface area (Å²) >= 11 is 0. The van der Waals surface area contributed by atoms with E-state index in [4.69, 9.17) is 4.74 Å². The Hall–Kier alpha value is -2.30. The molecule has 1 aromatic heterocycles. The van der Waals surface area contributed by atoms with Crippen molar-refractivity contribution in [3.8, 4) is 5.75 Å². The number of carbonyl (C=O) groups is 1. The van der Waals surface area contributed by atoms with Gasteiger partial charge in [0.05, 0.1) is 18.3 Å². The van der Waals surface area contributed by atoms with E-state index in [9.17, 15) is 4.79 Å². The lowest BCUT2D eigenvalue weighted by Crippen LogP contribution is -2.37. The third kappa shape index (κ3) is 3.92. The molecule has 0 N–H and O–H groups in total. The molecule has 0 aliphatic carbocycles. The van der Waals surface area contributed by atoms with E-state index in [1.54, 1.807) is 0 Å². The number of benzene rings is 1. The summed E-state index contributed by atoms with van der Waals surface area (Å²) < 4.78 is 7.78. The fraction of sp³-hybridized carbons (Fsp3) is 0.524. The molecule has 0 saturated carbocycles. The highest BCUT2D eigenvalue weighted by Gasteiger charge is 2.27. The largest absolute Gasteiger partial charge is 0.493 e. The quantitative estimate of drug-likeness (QED) is 0.836. The van der Waals surface area contributed by atoms with Gasteiger partial charge in [0.15, 0.2) is 0 Å². The van der Waals surface area contributed by atoms with Crippen molar-refractivity contribution in [1.29, 1.82) is 0 Å². The Bertz CT molecular complexity index is 770. The Labute approximate surface area is 156 Å². The van der Waals surface area contributed by atoms with Crippen LogP contribution in [0.4, 0.5) is 0 Å². The molecule has 3 rings (SSSR count). The van der Waals surface area contributed by atoms with Crippen LogP contribution in [0.25, 0.3) is 0 Å². The maximum absolute atomic E-state index is 12.8. The number of nitrogens with zero attached hydrogens (tertiary/aromatic N) is 3. The lowest BCUT2D eigenvalue weighted by atomic mass is 10.0. The van der Waals surface area contributed by atoms with Crippen molar-refractivity contribution in [3.63, 3.8) is 0 Å². The summed E-state index contributed by atoms with van der Waals surface area (Å²) in [5.41, 5.74) is 3.06. The SMILES string of the molecule is CC(C)COc1ccc(C(=O)N2CCc3c(cnn3C(C)(C)C)C2)cc1. The molecule has 0 unspecified atom stereocenters. The maximum atomic E-state index is 12.8. The highest BCUT2D eigenvalue weighted by atomic mass is 16.5. The maximum Gasteiger partial charge on any atom is 0.254 e. The van der Waals surface area contributed by atoms with Crippen LogP contribution in [0, 0.1) is 5.92 Å². The van der Waals surface area contributed by atoms with E-state index in [0.717, 1.165) is 24.3 Å². The van der Waals surface area contributed by atoms with Crippen LogP contribution in [0.15, 0.2) is 30.5 Å². The predicted molar refractivity (Wildman–Crippen MR) is 102 cm³/mol. The van der Waals surface area contributed by atoms with Gasteiger partial charge in [-0.25, -0.2) is 0 Å². The molecule has 0 spiro atoms. The van der Waals surface area contributed by atoms with Gasteiger partial charge in [-0.1, -0.05) is 13.8 Å². The number of fused-ring (bicyclic) bond motifs is 1. The highest BCUT2D eigenvalue weighted by Crippen LogP contribution is 2.25. The van der Waals surface area contributed by atoms with Crippen LogP contribution in [-0.4, -0.2) is 33.7 Å². The average Bonchev–Trinajstić information content (AvgIpc) is 3.03. The fourth-order valence-electron chi connectivity index (χ4n) is 3.22. The molecule has 0 fully saturated rings. The minimum atomic E-state index is -0.0361. The Balaban J connectivity index is 1.69. The Morgan fingerprint density at radius 2 is 1.92 bits per heavy atom. The number of hydrogen-bond donors (Lipinski definition) is 0. The first-order valence-corrected chi connectivity index (χ1v) is 9.34. The van der Waals surface area contributed by atoms with Crippen molar-refractivity contribution in [2.75, 3.05) is 13.2 Å². The molecule has 0 atom stereocenters. The van der Waals surface area contributed by atoms with E-state index in [0.29, 0.717) is 24.6 Å². The highest BCUT2D eigenvalue weighted by molar-refractivity contribution is 5.94. The molecule has 5 nitrogen and oxygen atoms in total. The fourth-order valence-corrected chi connectivity index (χ4v) is 3.22. The minimum Gasteiger partial charge on any atom is -0.493 e. The Morgan fingerprint density at radius 3 is 2.54 bits per heavy atom. The van der Waals surface area contributed by atoms with Gasteiger partial charge in [-0.2, -0.15) is 5.10 Å². The minimum absolute atomic E-state index is 0.0361. The van der Waals surface area contributed by atoms with E-state index in [-0.39, 0.29) is 11.4 Å². The van der Waals surface area contributed by atoms with Gasteiger partial charge in [0.2, 0.25) is 0 Å². The first kappa shape index (κ1) is 18.5. The van der Waals surface area contributed by atoms with Crippen molar-refractivity contribution in [3.05, 3.63) is 47.3 Å². The zero-order valence-corrected chi connectivity index (χ0v) is 16.5. The summed E-state index contributed by atoms with van der Waals surface area (Å²) in [5.74, 6) is 1.35. The van der Waals surface area contributed by atoms with Crippen molar-refractivity contribution < 1.29 is 9.53 Å². The van der Waals surface area contributed by atoms with Gasteiger partial charge in [0.1, 0.15) is 5.75 Å². The standard InChI is InChI=1S/C21H29N3O2/c1-15(2)14-26-18-8-6-16(7-9-18)20(25)23-11-10-19-17(13-23)12-22-24(19)21(3,4)5/h6-9,12,15H,10-11,13-14H2,1-5H3.